The van der Waals surface area contributed by atoms with Crippen molar-refractivity contribution < 1.29 is 17.4 Å². The Morgan fingerprint density at radius 3 is 2.31 bits per heavy atom. The van der Waals surface area contributed by atoms with E-state index in [1.807, 2.05) is 12.4 Å². The molecular formula is C23H26Cl2N4O4S2. The number of benzene rings is 1. The summed E-state index contributed by atoms with van der Waals surface area (Å²) in [5.74, 6) is 0.902. The number of sulfone groups is 1. The van der Waals surface area contributed by atoms with Gasteiger partial charge < -0.3 is 9.64 Å². The normalized spacial score (nSPS) is 19.0. The van der Waals surface area contributed by atoms with Crippen LogP contribution in [-0.4, -0.2) is 53.6 Å². The summed E-state index contributed by atoms with van der Waals surface area (Å²) in [7, 11) is -4.53. The van der Waals surface area contributed by atoms with Gasteiger partial charge in [0.1, 0.15) is 11.7 Å². The van der Waals surface area contributed by atoms with E-state index in [-0.39, 0.29) is 34.1 Å². The van der Waals surface area contributed by atoms with Crippen molar-refractivity contribution in [1.29, 1.82) is 0 Å². The molecule has 1 aromatic heterocycles. The van der Waals surface area contributed by atoms with Crippen molar-refractivity contribution in [3.8, 4) is 5.75 Å². The molecule has 0 radical (unpaired) electrons. The first-order valence-corrected chi connectivity index (χ1v) is 15.2. The van der Waals surface area contributed by atoms with Crippen LogP contribution in [0.15, 0.2) is 40.6 Å². The first-order chi connectivity index (χ1) is 16.6. The van der Waals surface area contributed by atoms with Gasteiger partial charge in [-0.1, -0.05) is 30.1 Å². The van der Waals surface area contributed by atoms with Crippen LogP contribution in [0.25, 0.3) is 0 Å². The predicted molar refractivity (Wildman–Crippen MR) is 141 cm³/mol. The third kappa shape index (κ3) is 6.61. The number of hydrogen-bond acceptors (Lipinski definition) is 8. The van der Waals surface area contributed by atoms with Crippen molar-refractivity contribution >= 4 is 54.8 Å². The van der Waals surface area contributed by atoms with E-state index in [1.54, 1.807) is 5.41 Å². The molecule has 1 aromatic carbocycles. The van der Waals surface area contributed by atoms with Crippen molar-refractivity contribution in [2.75, 3.05) is 30.9 Å². The number of aryl methyl sites for hydroxylation is 1. The van der Waals surface area contributed by atoms with Crippen LogP contribution in [0.4, 0.5) is 5.95 Å². The Bertz CT molecular complexity index is 1270. The lowest BCUT2D eigenvalue weighted by atomic mass is 9.98. The number of aromatic nitrogens is 2. The molecule has 1 atom stereocenters. The molecule has 4 rings (SSSR count). The average molecular weight is 558 g/mol. The maximum atomic E-state index is 12.7. The zero-order chi connectivity index (χ0) is 25.2. The second-order valence-corrected chi connectivity index (χ2v) is 12.8. The van der Waals surface area contributed by atoms with Gasteiger partial charge in [-0.15, -0.1) is 0 Å². The fourth-order valence-corrected chi connectivity index (χ4v) is 6.69. The fraction of sp³-hybridized carbons (Fsp3) is 0.435. The standard InChI is InChI=1S/C23H26Cl2N4O4S2/c1-3-15-10-26-23(27-11-15)29-6-4-17(5-7-29)22-28-18(13-34(22)30)12-33-21-19(24)8-16(9-20(21)25)14-35(2,31)32/h8-11,13,17H,3-7,12,14H2,1-2H3. The zero-order valence-corrected chi connectivity index (χ0v) is 22.6. The SMILES string of the molecule is CCc1cnc(N2CCC(C3=NC(COc4c(Cl)cc(CS(C)(=O)=O)cc4Cl)=CS3=O)CC2)nc1. The smallest absolute Gasteiger partial charge is 0.225 e. The predicted octanol–water partition coefficient (Wildman–Crippen LogP) is 4.19. The first-order valence-electron chi connectivity index (χ1n) is 11.2. The van der Waals surface area contributed by atoms with E-state index < -0.39 is 20.6 Å². The molecule has 12 heteroatoms. The molecule has 8 nitrogen and oxygen atoms in total. The minimum absolute atomic E-state index is 0.0521. The van der Waals surface area contributed by atoms with Crippen LogP contribution in [0.5, 0.6) is 5.75 Å². The molecule has 0 aliphatic carbocycles. The van der Waals surface area contributed by atoms with E-state index in [1.165, 1.54) is 12.1 Å². The third-order valence-corrected chi connectivity index (χ3v) is 8.52. The molecule has 0 spiro atoms. The highest BCUT2D eigenvalue weighted by molar-refractivity contribution is 8.03. The Labute approximate surface area is 217 Å². The van der Waals surface area contributed by atoms with E-state index in [0.29, 0.717) is 16.3 Å². The van der Waals surface area contributed by atoms with Gasteiger partial charge in [-0.3, -0.25) is 0 Å². The van der Waals surface area contributed by atoms with Gasteiger partial charge in [0.15, 0.2) is 15.6 Å². The van der Waals surface area contributed by atoms with E-state index in [9.17, 15) is 12.6 Å². The highest BCUT2D eigenvalue weighted by atomic mass is 35.5. The van der Waals surface area contributed by atoms with E-state index in [0.717, 1.165) is 50.1 Å². The number of hydrogen-bond donors (Lipinski definition) is 0. The monoisotopic (exact) mass is 556 g/mol. The minimum Gasteiger partial charge on any atom is -0.484 e. The molecule has 1 unspecified atom stereocenters. The number of rotatable bonds is 8. The summed E-state index contributed by atoms with van der Waals surface area (Å²) < 4.78 is 41.6. The number of halogens is 2. The Morgan fingerprint density at radius 1 is 1.11 bits per heavy atom. The van der Waals surface area contributed by atoms with Crippen molar-refractivity contribution in [3.63, 3.8) is 0 Å². The molecule has 0 amide bonds. The zero-order valence-electron chi connectivity index (χ0n) is 19.4. The van der Waals surface area contributed by atoms with Crippen LogP contribution in [0.2, 0.25) is 10.0 Å². The first kappa shape index (κ1) is 26.1. The second-order valence-electron chi connectivity index (χ2n) is 8.61. The lowest BCUT2D eigenvalue weighted by molar-refractivity contribution is 0.351. The molecule has 35 heavy (non-hydrogen) atoms. The Balaban J connectivity index is 1.36. The molecule has 2 aliphatic rings. The number of piperidine rings is 1. The van der Waals surface area contributed by atoms with Gasteiger partial charge in [-0.25, -0.2) is 27.6 Å². The Kier molecular flexibility index (Phi) is 8.15. The van der Waals surface area contributed by atoms with E-state index in [4.69, 9.17) is 27.9 Å². The molecule has 188 valence electrons. The van der Waals surface area contributed by atoms with Gasteiger partial charge >= 0.3 is 0 Å². The van der Waals surface area contributed by atoms with Crippen molar-refractivity contribution in [2.24, 2.45) is 10.9 Å². The van der Waals surface area contributed by atoms with Crippen molar-refractivity contribution in [3.05, 3.63) is 56.8 Å². The van der Waals surface area contributed by atoms with Crippen molar-refractivity contribution in [1.82, 2.24) is 9.97 Å². The van der Waals surface area contributed by atoms with Gasteiger partial charge in [0.25, 0.3) is 0 Å². The second kappa shape index (κ2) is 10.9. The molecule has 0 bridgehead atoms. The Hall–Kier alpha value is -2.01. The van der Waals surface area contributed by atoms with E-state index in [2.05, 4.69) is 26.8 Å². The molecular weight excluding hydrogens is 531 g/mol. The summed E-state index contributed by atoms with van der Waals surface area (Å²) >= 11 is 12.5. The average Bonchev–Trinajstić information content (AvgIpc) is 3.18. The molecule has 1 saturated heterocycles. The van der Waals surface area contributed by atoms with Gasteiger partial charge in [0, 0.05) is 43.1 Å². The number of ether oxygens (including phenoxy) is 1. The maximum absolute atomic E-state index is 12.7. The summed E-state index contributed by atoms with van der Waals surface area (Å²) in [6.07, 6.45) is 7.38. The van der Waals surface area contributed by atoms with Crippen LogP contribution in [0.3, 0.4) is 0 Å². The topological polar surface area (TPSA) is 102 Å². The summed E-state index contributed by atoms with van der Waals surface area (Å²) in [6, 6.07) is 3.04. The number of nitrogens with zero attached hydrogens (tertiary/aromatic N) is 4. The quantitative estimate of drug-likeness (QED) is 0.480. The van der Waals surface area contributed by atoms with Gasteiger partial charge in [0.05, 0.1) is 32.3 Å². The molecule has 2 aromatic rings. The van der Waals surface area contributed by atoms with Gasteiger partial charge in [-0.2, -0.15) is 0 Å². The highest BCUT2D eigenvalue weighted by Gasteiger charge is 2.30. The Morgan fingerprint density at radius 2 is 1.74 bits per heavy atom. The number of aliphatic imine (C=N–C) groups is 1. The summed E-state index contributed by atoms with van der Waals surface area (Å²) in [4.78, 5) is 15.7. The number of anilines is 1. The molecule has 2 aliphatic heterocycles. The van der Waals surface area contributed by atoms with Crippen LogP contribution in [0, 0.1) is 5.92 Å². The lowest BCUT2D eigenvalue weighted by Gasteiger charge is -2.31. The van der Waals surface area contributed by atoms with Crippen LogP contribution >= 0.6 is 23.2 Å². The van der Waals surface area contributed by atoms with Crippen molar-refractivity contribution in [2.45, 2.75) is 31.9 Å². The van der Waals surface area contributed by atoms with Crippen LogP contribution < -0.4 is 9.64 Å². The van der Waals surface area contributed by atoms with Crippen LogP contribution in [-0.2, 0) is 32.8 Å². The molecule has 0 N–H and O–H groups in total. The highest BCUT2D eigenvalue weighted by Crippen LogP contribution is 2.35. The molecule has 0 saturated carbocycles. The summed E-state index contributed by atoms with van der Waals surface area (Å²) in [5, 5.41) is 2.67. The molecule has 3 heterocycles. The lowest BCUT2D eigenvalue weighted by Crippen LogP contribution is -2.37. The largest absolute Gasteiger partial charge is 0.484 e. The summed E-state index contributed by atoms with van der Waals surface area (Å²) in [6.45, 7) is 3.66. The summed E-state index contributed by atoms with van der Waals surface area (Å²) in [5.41, 5.74) is 2.13. The maximum Gasteiger partial charge on any atom is 0.225 e. The van der Waals surface area contributed by atoms with Gasteiger partial charge in [0.2, 0.25) is 5.95 Å². The molecule has 1 fully saturated rings. The van der Waals surface area contributed by atoms with Crippen LogP contribution in [0.1, 0.15) is 30.9 Å². The minimum atomic E-state index is -3.22. The third-order valence-electron chi connectivity index (χ3n) is 5.78. The fourth-order valence-electron chi connectivity index (χ4n) is 4.02. The van der Waals surface area contributed by atoms with E-state index >= 15 is 0 Å². The van der Waals surface area contributed by atoms with Gasteiger partial charge in [-0.05, 0) is 42.5 Å².